The lowest BCUT2D eigenvalue weighted by Crippen LogP contribution is -2.22. The molecular formula is C19H17BrN2O2S. The summed E-state index contributed by atoms with van der Waals surface area (Å²) < 4.78 is 13.3. The van der Waals surface area contributed by atoms with Crippen molar-refractivity contribution in [1.29, 1.82) is 0 Å². The molecule has 2 aliphatic rings. The molecule has 25 heavy (non-hydrogen) atoms. The van der Waals surface area contributed by atoms with Gasteiger partial charge in [-0.05, 0) is 49.2 Å². The van der Waals surface area contributed by atoms with Crippen molar-refractivity contribution in [3.05, 3.63) is 51.4 Å². The minimum Gasteiger partial charge on any atom is -0.454 e. The van der Waals surface area contributed by atoms with Gasteiger partial charge in [-0.1, -0.05) is 28.1 Å². The average Bonchev–Trinajstić information content (AvgIpc) is 3.33. The normalized spacial score (nSPS) is 19.8. The van der Waals surface area contributed by atoms with Crippen LogP contribution in [0, 0.1) is 0 Å². The van der Waals surface area contributed by atoms with E-state index in [2.05, 4.69) is 51.2 Å². The molecule has 0 aliphatic carbocycles. The molecule has 0 amide bonds. The van der Waals surface area contributed by atoms with Crippen molar-refractivity contribution in [1.82, 2.24) is 9.88 Å². The number of para-hydroxylation sites is 1. The van der Waals surface area contributed by atoms with E-state index in [4.69, 9.17) is 14.5 Å². The Labute approximate surface area is 158 Å². The fraction of sp³-hybridized carbons (Fsp3) is 0.316. The first-order chi connectivity index (χ1) is 12.3. The maximum Gasteiger partial charge on any atom is 0.231 e. The summed E-state index contributed by atoms with van der Waals surface area (Å²) in [5, 5.41) is 1.23. The van der Waals surface area contributed by atoms with E-state index < -0.39 is 0 Å². The summed E-state index contributed by atoms with van der Waals surface area (Å²) in [7, 11) is 0. The number of rotatable bonds is 3. The van der Waals surface area contributed by atoms with Gasteiger partial charge in [0.15, 0.2) is 11.5 Å². The van der Waals surface area contributed by atoms with Gasteiger partial charge in [0.05, 0.1) is 16.3 Å². The van der Waals surface area contributed by atoms with Crippen LogP contribution >= 0.6 is 27.3 Å². The van der Waals surface area contributed by atoms with Crippen LogP contribution in [0.15, 0.2) is 40.9 Å². The van der Waals surface area contributed by atoms with Gasteiger partial charge < -0.3 is 9.47 Å². The van der Waals surface area contributed by atoms with Crippen LogP contribution in [-0.2, 0) is 6.54 Å². The van der Waals surface area contributed by atoms with E-state index in [1.54, 1.807) is 0 Å². The van der Waals surface area contributed by atoms with Crippen LogP contribution in [0.2, 0.25) is 0 Å². The van der Waals surface area contributed by atoms with Gasteiger partial charge >= 0.3 is 0 Å². The molecule has 0 saturated carbocycles. The van der Waals surface area contributed by atoms with Gasteiger partial charge in [-0.3, -0.25) is 4.90 Å². The van der Waals surface area contributed by atoms with E-state index in [0.29, 0.717) is 12.8 Å². The molecular weight excluding hydrogens is 400 g/mol. The van der Waals surface area contributed by atoms with E-state index in [1.807, 2.05) is 17.4 Å². The highest BCUT2D eigenvalue weighted by Crippen LogP contribution is 2.41. The SMILES string of the molecule is Brc1cc2c(cc1CN1CCCC1c1nc3ccccc3s1)OCO2. The van der Waals surface area contributed by atoms with E-state index in [0.717, 1.165) is 34.6 Å². The van der Waals surface area contributed by atoms with Crippen molar-refractivity contribution >= 4 is 37.5 Å². The first-order valence-electron chi connectivity index (χ1n) is 8.45. The number of thiazole rings is 1. The summed E-state index contributed by atoms with van der Waals surface area (Å²) in [5.74, 6) is 1.66. The highest BCUT2D eigenvalue weighted by molar-refractivity contribution is 9.10. The Morgan fingerprint density at radius 3 is 2.92 bits per heavy atom. The minimum absolute atomic E-state index is 0.309. The fourth-order valence-electron chi connectivity index (χ4n) is 3.63. The largest absolute Gasteiger partial charge is 0.454 e. The molecule has 2 aliphatic heterocycles. The number of fused-ring (bicyclic) bond motifs is 2. The van der Waals surface area contributed by atoms with Crippen molar-refractivity contribution in [3.8, 4) is 11.5 Å². The van der Waals surface area contributed by atoms with Crippen LogP contribution < -0.4 is 9.47 Å². The number of halogens is 1. The molecule has 1 saturated heterocycles. The van der Waals surface area contributed by atoms with Crippen molar-refractivity contribution in [2.75, 3.05) is 13.3 Å². The average molecular weight is 417 g/mol. The first-order valence-corrected chi connectivity index (χ1v) is 10.1. The van der Waals surface area contributed by atoms with E-state index in [9.17, 15) is 0 Å². The van der Waals surface area contributed by atoms with Gasteiger partial charge in [-0.2, -0.15) is 0 Å². The summed E-state index contributed by atoms with van der Waals surface area (Å²) in [4.78, 5) is 7.42. The molecule has 0 bridgehead atoms. The van der Waals surface area contributed by atoms with Crippen LogP contribution in [0.4, 0.5) is 0 Å². The Hall–Kier alpha value is -1.63. The molecule has 3 heterocycles. The quantitative estimate of drug-likeness (QED) is 0.592. The molecule has 0 N–H and O–H groups in total. The third-order valence-corrected chi connectivity index (χ3v) is 6.75. The minimum atomic E-state index is 0.309. The van der Waals surface area contributed by atoms with Crippen molar-refractivity contribution in [2.24, 2.45) is 0 Å². The lowest BCUT2D eigenvalue weighted by Gasteiger charge is -2.23. The fourth-order valence-corrected chi connectivity index (χ4v) is 5.21. The molecule has 1 atom stereocenters. The van der Waals surface area contributed by atoms with Gasteiger partial charge in [-0.15, -0.1) is 11.3 Å². The monoisotopic (exact) mass is 416 g/mol. The lowest BCUT2D eigenvalue weighted by atomic mass is 10.1. The van der Waals surface area contributed by atoms with E-state index >= 15 is 0 Å². The van der Waals surface area contributed by atoms with Crippen molar-refractivity contribution in [3.63, 3.8) is 0 Å². The third-order valence-electron chi connectivity index (χ3n) is 4.87. The Morgan fingerprint density at radius 2 is 2.04 bits per heavy atom. The van der Waals surface area contributed by atoms with E-state index in [-0.39, 0.29) is 0 Å². The first kappa shape index (κ1) is 15.6. The third kappa shape index (κ3) is 2.82. The van der Waals surface area contributed by atoms with Crippen LogP contribution in [0.5, 0.6) is 11.5 Å². The molecule has 1 unspecified atom stereocenters. The van der Waals surface area contributed by atoms with Crippen LogP contribution in [0.25, 0.3) is 10.2 Å². The van der Waals surface area contributed by atoms with Crippen LogP contribution in [-0.4, -0.2) is 23.2 Å². The van der Waals surface area contributed by atoms with Gasteiger partial charge in [0.1, 0.15) is 5.01 Å². The molecule has 2 aromatic carbocycles. The number of ether oxygens (including phenoxy) is 2. The second kappa shape index (κ2) is 6.27. The number of benzene rings is 2. The number of hydrogen-bond donors (Lipinski definition) is 0. The number of likely N-dealkylation sites (tertiary alicyclic amines) is 1. The second-order valence-corrected chi connectivity index (χ2v) is 8.36. The topological polar surface area (TPSA) is 34.6 Å². The highest BCUT2D eigenvalue weighted by Gasteiger charge is 2.29. The van der Waals surface area contributed by atoms with Gasteiger partial charge in [-0.25, -0.2) is 4.98 Å². The summed E-state index contributed by atoms with van der Waals surface area (Å²) in [5.41, 5.74) is 2.34. The Morgan fingerprint density at radius 1 is 1.20 bits per heavy atom. The van der Waals surface area contributed by atoms with Gasteiger partial charge in [0.25, 0.3) is 0 Å². The van der Waals surface area contributed by atoms with Gasteiger partial charge in [0, 0.05) is 11.0 Å². The molecule has 0 radical (unpaired) electrons. The van der Waals surface area contributed by atoms with Gasteiger partial charge in [0.2, 0.25) is 6.79 Å². The molecule has 5 rings (SSSR count). The van der Waals surface area contributed by atoms with Crippen molar-refractivity contribution in [2.45, 2.75) is 25.4 Å². The Bertz CT molecular complexity index is 909. The van der Waals surface area contributed by atoms with E-state index in [1.165, 1.54) is 28.1 Å². The van der Waals surface area contributed by atoms with Crippen molar-refractivity contribution < 1.29 is 9.47 Å². The predicted octanol–water partition coefficient (Wildman–Crippen LogP) is 5.12. The molecule has 128 valence electrons. The number of nitrogens with zero attached hydrogens (tertiary/aromatic N) is 2. The molecule has 1 aromatic heterocycles. The zero-order chi connectivity index (χ0) is 16.8. The summed E-state index contributed by atoms with van der Waals surface area (Å²) in [6.07, 6.45) is 2.38. The molecule has 3 aromatic rings. The number of aromatic nitrogens is 1. The molecule has 4 nitrogen and oxygen atoms in total. The summed E-state index contributed by atoms with van der Waals surface area (Å²) in [6.45, 7) is 2.29. The molecule has 1 fully saturated rings. The maximum absolute atomic E-state index is 5.54. The predicted molar refractivity (Wildman–Crippen MR) is 102 cm³/mol. The molecule has 0 spiro atoms. The highest BCUT2D eigenvalue weighted by atomic mass is 79.9. The summed E-state index contributed by atoms with van der Waals surface area (Å²) in [6, 6.07) is 12.9. The van der Waals surface area contributed by atoms with Crippen LogP contribution in [0.1, 0.15) is 29.5 Å². The maximum atomic E-state index is 5.54. The smallest absolute Gasteiger partial charge is 0.231 e. The number of hydrogen-bond acceptors (Lipinski definition) is 5. The second-order valence-electron chi connectivity index (χ2n) is 6.45. The Balaban J connectivity index is 1.43. The Kier molecular flexibility index (Phi) is 3.91. The van der Waals surface area contributed by atoms with Crippen LogP contribution in [0.3, 0.4) is 0 Å². The summed E-state index contributed by atoms with van der Waals surface area (Å²) >= 11 is 5.51. The lowest BCUT2D eigenvalue weighted by molar-refractivity contribution is 0.174. The zero-order valence-corrected chi connectivity index (χ0v) is 16.0. The standard InChI is InChI=1S/C19H17BrN2O2S/c20-13-9-17-16(23-11-24-17)8-12(13)10-22-7-3-5-15(22)19-21-14-4-1-2-6-18(14)25-19/h1-2,4,6,8-9,15H,3,5,7,10-11H2. The molecule has 6 heteroatoms. The zero-order valence-electron chi connectivity index (χ0n) is 13.6.